The van der Waals surface area contributed by atoms with E-state index in [1.54, 1.807) is 0 Å². The Kier molecular flexibility index (Phi) is 20.4. The SMILES string of the molecule is C1CCOC1.C1CCOC1.CN(C)[C-]1C=CC=C/C1=C\[Si](C)(C)C.CN(C)[C-]1C=CC=C/C1=C\[Si](C)(C)C.[Ca+2]. The first-order chi connectivity index (χ1) is 17.8. The molecule has 2 fully saturated rings. The molecule has 0 spiro atoms. The predicted molar refractivity (Wildman–Crippen MR) is 179 cm³/mol. The van der Waals surface area contributed by atoms with Gasteiger partial charge in [0.25, 0.3) is 0 Å². The molecule has 2 aliphatic carbocycles. The predicted octanol–water partition coefficient (Wildman–Crippen LogP) is 7.23. The fourth-order valence-electron chi connectivity index (χ4n) is 3.99. The van der Waals surface area contributed by atoms with Crippen molar-refractivity contribution in [2.75, 3.05) is 54.6 Å². The molecular weight excluding hydrogens is 541 g/mol. The van der Waals surface area contributed by atoms with Crippen LogP contribution in [-0.2, 0) is 9.47 Å². The molecule has 7 heteroatoms. The monoisotopic (exact) mass is 596 g/mol. The van der Waals surface area contributed by atoms with E-state index in [0.717, 1.165) is 26.4 Å². The summed E-state index contributed by atoms with van der Waals surface area (Å²) >= 11 is 0. The van der Waals surface area contributed by atoms with Gasteiger partial charge in [-0.2, -0.15) is 11.4 Å². The van der Waals surface area contributed by atoms with Crippen molar-refractivity contribution in [3.05, 3.63) is 83.2 Å². The molecular formula is C32H56CaN2O2Si2. The Bertz CT molecular complexity index is 754. The van der Waals surface area contributed by atoms with E-state index in [4.69, 9.17) is 9.47 Å². The van der Waals surface area contributed by atoms with Crippen molar-refractivity contribution >= 4 is 53.9 Å². The van der Waals surface area contributed by atoms with Crippen LogP contribution >= 0.6 is 0 Å². The minimum Gasteiger partial charge on any atom is -0.381 e. The normalized spacial score (nSPS) is 20.4. The molecule has 0 unspecified atom stereocenters. The van der Waals surface area contributed by atoms with Crippen molar-refractivity contribution < 1.29 is 9.47 Å². The molecule has 2 heterocycles. The number of likely N-dealkylation sites (N-methyl/N-ethyl adjacent to an activating group) is 2. The number of allylic oxidation sites excluding steroid dienone is 4. The first-order valence-electron chi connectivity index (χ1n) is 14.2. The fraction of sp³-hybridized carbons (Fsp3) is 0.562. The van der Waals surface area contributed by atoms with Gasteiger partial charge in [0, 0.05) is 42.6 Å². The van der Waals surface area contributed by atoms with Gasteiger partial charge >= 0.3 is 37.7 Å². The summed E-state index contributed by atoms with van der Waals surface area (Å²) in [5.74, 6) is 0. The second kappa shape index (κ2) is 20.6. The summed E-state index contributed by atoms with van der Waals surface area (Å²) in [6.07, 6.45) is 22.3. The van der Waals surface area contributed by atoms with Crippen LogP contribution < -0.4 is 0 Å². The third-order valence-corrected chi connectivity index (χ3v) is 8.02. The van der Waals surface area contributed by atoms with Gasteiger partial charge in [0.05, 0.1) is 0 Å². The van der Waals surface area contributed by atoms with Gasteiger partial charge in [-0.25, -0.2) is 0 Å². The third kappa shape index (κ3) is 19.5. The van der Waals surface area contributed by atoms with Gasteiger partial charge < -0.3 is 19.3 Å². The standard InChI is InChI=1S/2C12H20NSi.2C4H8O.Ca/c2*1-13(2)12-9-7-6-8-11(12)10-14(3,4)5;2*1-2-4-5-3-1;/h2*6-10H,1-5H3;2*1-4H2;/q2*-1;;;+2/b2*11-10+;;;. The topological polar surface area (TPSA) is 24.9 Å². The number of hydrogen-bond donors (Lipinski definition) is 0. The molecule has 0 aromatic rings. The largest absolute Gasteiger partial charge is 2.00 e. The van der Waals surface area contributed by atoms with Crippen molar-refractivity contribution in [1.29, 1.82) is 0 Å². The molecule has 0 bridgehead atoms. The zero-order valence-electron chi connectivity index (χ0n) is 26.8. The van der Waals surface area contributed by atoms with Crippen molar-refractivity contribution in [2.45, 2.75) is 65.0 Å². The number of ether oxygens (including phenoxy) is 2. The molecule has 0 N–H and O–H groups in total. The maximum atomic E-state index is 4.94. The molecule has 0 atom stereocenters. The molecule has 0 aromatic carbocycles. The van der Waals surface area contributed by atoms with Crippen molar-refractivity contribution in [2.24, 2.45) is 0 Å². The van der Waals surface area contributed by atoms with E-state index < -0.39 is 16.1 Å². The second-order valence-electron chi connectivity index (χ2n) is 12.6. The molecule has 0 amide bonds. The summed E-state index contributed by atoms with van der Waals surface area (Å²) in [5.41, 5.74) is 7.64. The van der Waals surface area contributed by atoms with Crippen LogP contribution in [0.2, 0.25) is 39.3 Å². The smallest absolute Gasteiger partial charge is 0.381 e. The van der Waals surface area contributed by atoms with Crippen molar-refractivity contribution in [3.8, 4) is 0 Å². The van der Waals surface area contributed by atoms with E-state index in [9.17, 15) is 0 Å². The Labute approximate surface area is 274 Å². The van der Waals surface area contributed by atoms with Gasteiger partial charge in [0.1, 0.15) is 0 Å². The molecule has 0 saturated carbocycles. The first kappa shape index (κ1) is 38.7. The maximum absolute atomic E-state index is 4.94. The summed E-state index contributed by atoms with van der Waals surface area (Å²) in [6.45, 7) is 18.2. The first-order valence-corrected chi connectivity index (χ1v) is 21.4. The van der Waals surface area contributed by atoms with Crippen LogP contribution in [0.5, 0.6) is 0 Å². The Morgan fingerprint density at radius 1 is 0.590 bits per heavy atom. The summed E-state index contributed by atoms with van der Waals surface area (Å²) in [5, 5.41) is 0. The van der Waals surface area contributed by atoms with E-state index in [2.05, 4.69) is 137 Å². The molecule has 0 radical (unpaired) electrons. The van der Waals surface area contributed by atoms with E-state index in [1.807, 2.05) is 0 Å². The molecule has 4 rings (SSSR count). The molecule has 216 valence electrons. The minimum atomic E-state index is -1.13. The summed E-state index contributed by atoms with van der Waals surface area (Å²) < 4.78 is 9.89. The van der Waals surface area contributed by atoms with Crippen molar-refractivity contribution in [1.82, 2.24) is 9.80 Å². The Hall–Kier alpha value is -0.286. The second-order valence-corrected chi connectivity index (χ2v) is 22.6. The average Bonchev–Trinajstić information content (AvgIpc) is 3.57. The van der Waals surface area contributed by atoms with Crippen LogP contribution in [-0.4, -0.2) is 118 Å². The van der Waals surface area contributed by atoms with Gasteiger partial charge in [-0.05, 0) is 53.9 Å². The molecule has 4 aliphatic rings. The third-order valence-electron chi connectivity index (χ3n) is 5.67. The van der Waals surface area contributed by atoms with Crippen LogP contribution in [0, 0.1) is 12.1 Å². The summed E-state index contributed by atoms with van der Waals surface area (Å²) in [6, 6.07) is 2.63. The van der Waals surface area contributed by atoms with Crippen LogP contribution in [0.3, 0.4) is 0 Å². The van der Waals surface area contributed by atoms with Gasteiger partial charge in [-0.15, -0.1) is 59.8 Å². The number of hydrogen-bond acceptors (Lipinski definition) is 4. The summed E-state index contributed by atoms with van der Waals surface area (Å²) in [7, 11) is 6.12. The van der Waals surface area contributed by atoms with Crippen LogP contribution in [0.25, 0.3) is 0 Å². The Morgan fingerprint density at radius 3 is 1.10 bits per heavy atom. The van der Waals surface area contributed by atoms with Gasteiger partial charge in [-0.3, -0.25) is 0 Å². The Balaban J connectivity index is 0.000000537. The molecule has 4 nitrogen and oxygen atoms in total. The van der Waals surface area contributed by atoms with Crippen LogP contribution in [0.4, 0.5) is 0 Å². The quantitative estimate of drug-likeness (QED) is 0.252. The number of nitrogens with zero attached hydrogens (tertiary/aromatic N) is 2. The van der Waals surface area contributed by atoms with E-state index in [-0.39, 0.29) is 37.7 Å². The van der Waals surface area contributed by atoms with E-state index >= 15 is 0 Å². The summed E-state index contributed by atoms with van der Waals surface area (Å²) in [4.78, 5) is 4.35. The van der Waals surface area contributed by atoms with E-state index in [0.29, 0.717) is 0 Å². The molecule has 2 saturated heterocycles. The minimum absolute atomic E-state index is 0. The zero-order valence-corrected chi connectivity index (χ0v) is 31.1. The fourth-order valence-corrected chi connectivity index (χ4v) is 6.34. The van der Waals surface area contributed by atoms with Crippen LogP contribution in [0.1, 0.15) is 25.7 Å². The van der Waals surface area contributed by atoms with E-state index in [1.165, 1.54) is 48.9 Å². The zero-order chi connectivity index (χ0) is 28.6. The molecule has 0 aromatic heterocycles. The number of rotatable bonds is 4. The average molecular weight is 597 g/mol. The van der Waals surface area contributed by atoms with Crippen LogP contribution in [0.15, 0.2) is 71.2 Å². The maximum Gasteiger partial charge on any atom is 2.00 e. The molecule has 2 aliphatic heterocycles. The molecule has 39 heavy (non-hydrogen) atoms. The van der Waals surface area contributed by atoms with Gasteiger partial charge in [0.2, 0.25) is 0 Å². The Morgan fingerprint density at radius 2 is 0.897 bits per heavy atom. The van der Waals surface area contributed by atoms with Crippen molar-refractivity contribution in [3.63, 3.8) is 0 Å². The van der Waals surface area contributed by atoms with Gasteiger partial charge in [0.15, 0.2) is 0 Å². The van der Waals surface area contributed by atoms with Gasteiger partial charge in [-0.1, -0.05) is 51.4 Å².